The van der Waals surface area contributed by atoms with Crippen LogP contribution < -0.4 is 11.1 Å². The minimum absolute atomic E-state index is 0.338. The third-order valence-electron chi connectivity index (χ3n) is 4.57. The maximum atomic E-state index is 6.11. The number of nitrogens with two attached hydrogens (primary N) is 1. The van der Waals surface area contributed by atoms with Gasteiger partial charge in [-0.2, -0.15) is 0 Å². The van der Waals surface area contributed by atoms with Crippen molar-refractivity contribution in [3.05, 3.63) is 0 Å². The highest BCUT2D eigenvalue weighted by Crippen LogP contribution is 2.60. The van der Waals surface area contributed by atoms with Crippen molar-refractivity contribution in [1.29, 1.82) is 0 Å². The Balaban J connectivity index is 1.62. The first kappa shape index (κ1) is 11.4. The molecule has 2 aliphatic carbocycles. The summed E-state index contributed by atoms with van der Waals surface area (Å²) >= 11 is 0. The van der Waals surface area contributed by atoms with Crippen LogP contribution in [0.4, 0.5) is 0 Å². The quantitative estimate of drug-likeness (QED) is 0.675. The van der Waals surface area contributed by atoms with Crippen LogP contribution >= 0.6 is 0 Å². The third-order valence-corrected chi connectivity index (χ3v) is 4.57. The molecule has 0 radical (unpaired) electrons. The van der Waals surface area contributed by atoms with E-state index < -0.39 is 0 Å². The van der Waals surface area contributed by atoms with Gasteiger partial charge in [0.2, 0.25) is 0 Å². The third kappa shape index (κ3) is 2.73. The molecule has 15 heavy (non-hydrogen) atoms. The van der Waals surface area contributed by atoms with Crippen LogP contribution in [0.5, 0.6) is 0 Å². The Morgan fingerprint density at radius 1 is 1.40 bits per heavy atom. The molecule has 88 valence electrons. The molecule has 2 fully saturated rings. The molecular weight excluding hydrogens is 184 g/mol. The Labute approximate surface area is 94.0 Å². The molecule has 2 unspecified atom stereocenters. The molecule has 2 rings (SSSR count). The number of hydrogen-bond acceptors (Lipinski definition) is 2. The maximum absolute atomic E-state index is 6.11. The smallest absolute Gasteiger partial charge is 0.0191 e. The van der Waals surface area contributed by atoms with Gasteiger partial charge in [0.15, 0.2) is 0 Å². The van der Waals surface area contributed by atoms with E-state index in [-0.39, 0.29) is 0 Å². The van der Waals surface area contributed by atoms with E-state index in [0.717, 1.165) is 17.9 Å². The average Bonchev–Trinajstić information content (AvgIpc) is 3.06. The van der Waals surface area contributed by atoms with Gasteiger partial charge in [0.25, 0.3) is 0 Å². The van der Waals surface area contributed by atoms with Crippen molar-refractivity contribution in [2.24, 2.45) is 23.0 Å². The second-order valence-corrected chi connectivity index (χ2v) is 5.82. The lowest BCUT2D eigenvalue weighted by Gasteiger charge is -2.21. The fourth-order valence-electron chi connectivity index (χ4n) is 2.58. The van der Waals surface area contributed by atoms with Crippen LogP contribution in [0.3, 0.4) is 0 Å². The summed E-state index contributed by atoms with van der Waals surface area (Å²) in [6.07, 6.45) is 7.08. The van der Waals surface area contributed by atoms with Crippen molar-refractivity contribution in [3.8, 4) is 0 Å². The summed E-state index contributed by atoms with van der Waals surface area (Å²) in [6, 6.07) is 0.338. The maximum Gasteiger partial charge on any atom is 0.0191 e. The molecule has 2 atom stereocenters. The largest absolute Gasteiger partial charge is 0.326 e. The molecule has 0 aromatic carbocycles. The first-order chi connectivity index (χ1) is 7.18. The van der Waals surface area contributed by atoms with Gasteiger partial charge in [-0.1, -0.05) is 20.3 Å². The number of hydrogen-bond donors (Lipinski definition) is 2. The van der Waals surface area contributed by atoms with Crippen LogP contribution in [-0.2, 0) is 0 Å². The molecule has 0 amide bonds. The van der Waals surface area contributed by atoms with Crippen LogP contribution in [-0.4, -0.2) is 19.1 Å². The summed E-state index contributed by atoms with van der Waals surface area (Å²) in [5, 5.41) is 3.60. The van der Waals surface area contributed by atoms with Crippen molar-refractivity contribution < 1.29 is 0 Å². The van der Waals surface area contributed by atoms with E-state index in [4.69, 9.17) is 5.73 Å². The van der Waals surface area contributed by atoms with Gasteiger partial charge < -0.3 is 11.1 Å². The van der Waals surface area contributed by atoms with Gasteiger partial charge in [-0.05, 0) is 42.9 Å². The molecule has 0 spiro atoms. The van der Waals surface area contributed by atoms with Crippen molar-refractivity contribution >= 4 is 0 Å². The molecule has 0 aliphatic heterocycles. The SMILES string of the molecule is CCC(C)C(N)CNCC1(C2CC2)CC1. The van der Waals surface area contributed by atoms with E-state index in [1.54, 1.807) is 0 Å². The minimum atomic E-state index is 0.338. The van der Waals surface area contributed by atoms with Crippen LogP contribution in [0, 0.1) is 17.3 Å². The highest BCUT2D eigenvalue weighted by atomic mass is 14.9. The van der Waals surface area contributed by atoms with E-state index in [9.17, 15) is 0 Å². The number of nitrogens with one attached hydrogen (secondary N) is 1. The van der Waals surface area contributed by atoms with Gasteiger partial charge in [0.05, 0.1) is 0 Å². The monoisotopic (exact) mass is 210 g/mol. The van der Waals surface area contributed by atoms with Crippen LogP contribution in [0.25, 0.3) is 0 Å². The second-order valence-electron chi connectivity index (χ2n) is 5.82. The van der Waals surface area contributed by atoms with Crippen molar-refractivity contribution in [3.63, 3.8) is 0 Å². The lowest BCUT2D eigenvalue weighted by Crippen LogP contribution is -2.40. The van der Waals surface area contributed by atoms with Gasteiger partial charge in [0, 0.05) is 19.1 Å². The van der Waals surface area contributed by atoms with Crippen LogP contribution in [0.1, 0.15) is 46.0 Å². The Bertz CT molecular complexity index is 207. The van der Waals surface area contributed by atoms with Crippen LogP contribution in [0.2, 0.25) is 0 Å². The molecule has 2 aliphatic rings. The Morgan fingerprint density at radius 3 is 2.53 bits per heavy atom. The molecule has 2 nitrogen and oxygen atoms in total. The van der Waals surface area contributed by atoms with E-state index in [2.05, 4.69) is 19.2 Å². The van der Waals surface area contributed by atoms with Crippen molar-refractivity contribution in [2.45, 2.75) is 52.0 Å². The zero-order valence-electron chi connectivity index (χ0n) is 10.3. The predicted octanol–water partition coefficient (Wildman–Crippen LogP) is 2.14. The van der Waals surface area contributed by atoms with E-state index >= 15 is 0 Å². The summed E-state index contributed by atoms with van der Waals surface area (Å²) in [5.74, 6) is 1.71. The first-order valence-electron chi connectivity index (χ1n) is 6.64. The summed E-state index contributed by atoms with van der Waals surface area (Å²) in [7, 11) is 0. The zero-order valence-corrected chi connectivity index (χ0v) is 10.3. The van der Waals surface area contributed by atoms with Gasteiger partial charge in [0.1, 0.15) is 0 Å². The summed E-state index contributed by atoms with van der Waals surface area (Å²) in [4.78, 5) is 0. The zero-order chi connectivity index (χ0) is 10.9. The standard InChI is InChI=1S/C13H26N2/c1-3-10(2)12(14)8-15-9-13(6-7-13)11-4-5-11/h10-12,15H,3-9,14H2,1-2H3. The second kappa shape index (κ2) is 4.42. The molecule has 0 heterocycles. The molecular formula is C13H26N2. The summed E-state index contributed by atoms with van der Waals surface area (Å²) < 4.78 is 0. The molecule has 2 heteroatoms. The fraction of sp³-hybridized carbons (Fsp3) is 1.00. The lowest BCUT2D eigenvalue weighted by atomic mass is 9.98. The summed E-state index contributed by atoms with van der Waals surface area (Å²) in [5.41, 5.74) is 6.82. The Morgan fingerprint density at radius 2 is 2.07 bits per heavy atom. The minimum Gasteiger partial charge on any atom is -0.326 e. The van der Waals surface area contributed by atoms with E-state index in [0.29, 0.717) is 12.0 Å². The first-order valence-corrected chi connectivity index (χ1v) is 6.64. The van der Waals surface area contributed by atoms with Crippen molar-refractivity contribution in [2.75, 3.05) is 13.1 Å². The highest BCUT2D eigenvalue weighted by molar-refractivity contribution is 5.05. The Hall–Kier alpha value is -0.0800. The Kier molecular flexibility index (Phi) is 3.36. The van der Waals surface area contributed by atoms with Crippen molar-refractivity contribution in [1.82, 2.24) is 5.32 Å². The molecule has 0 aromatic rings. The molecule has 0 aromatic heterocycles. The van der Waals surface area contributed by atoms with E-state index in [1.807, 2.05) is 0 Å². The lowest BCUT2D eigenvalue weighted by molar-refractivity contribution is 0.365. The molecule has 0 saturated heterocycles. The van der Waals surface area contributed by atoms with Gasteiger partial charge in [-0.3, -0.25) is 0 Å². The van der Waals surface area contributed by atoms with E-state index in [1.165, 1.54) is 38.6 Å². The normalized spacial score (nSPS) is 27.4. The fourth-order valence-corrected chi connectivity index (χ4v) is 2.58. The van der Waals surface area contributed by atoms with Gasteiger partial charge in [-0.25, -0.2) is 0 Å². The predicted molar refractivity (Wildman–Crippen MR) is 64.7 cm³/mol. The van der Waals surface area contributed by atoms with Gasteiger partial charge in [-0.15, -0.1) is 0 Å². The molecule has 0 bridgehead atoms. The average molecular weight is 210 g/mol. The topological polar surface area (TPSA) is 38.0 Å². The van der Waals surface area contributed by atoms with Crippen LogP contribution in [0.15, 0.2) is 0 Å². The molecule has 3 N–H and O–H groups in total. The molecule has 2 saturated carbocycles. The number of rotatable bonds is 7. The highest BCUT2D eigenvalue weighted by Gasteiger charge is 2.53. The summed E-state index contributed by atoms with van der Waals surface area (Å²) in [6.45, 7) is 6.70. The van der Waals surface area contributed by atoms with Gasteiger partial charge >= 0.3 is 0 Å².